The Morgan fingerprint density at radius 3 is 2.78 bits per heavy atom. The molecule has 2 aromatic rings. The summed E-state index contributed by atoms with van der Waals surface area (Å²) in [4.78, 5) is 26.1. The van der Waals surface area contributed by atoms with Crippen molar-refractivity contribution in [2.75, 3.05) is 18.4 Å². The van der Waals surface area contributed by atoms with Crippen LogP contribution in [0.25, 0.3) is 0 Å². The number of amides is 3. The second kappa shape index (κ2) is 7.39. The van der Waals surface area contributed by atoms with Crippen LogP contribution in [0.3, 0.4) is 0 Å². The summed E-state index contributed by atoms with van der Waals surface area (Å²) >= 11 is 1.67. The van der Waals surface area contributed by atoms with E-state index in [4.69, 9.17) is 0 Å². The Balaban J connectivity index is 1.52. The SMILES string of the molecule is O=C(CN1CCC[C@@H]1c1ccsc1)NC(=O)Nc1ccccc1. The molecule has 1 aromatic heterocycles. The maximum Gasteiger partial charge on any atom is 0.325 e. The summed E-state index contributed by atoms with van der Waals surface area (Å²) in [6, 6.07) is 11.0. The van der Waals surface area contributed by atoms with Gasteiger partial charge >= 0.3 is 6.03 Å². The van der Waals surface area contributed by atoms with Crippen molar-refractivity contribution >= 4 is 29.0 Å². The predicted octanol–water partition coefficient (Wildman–Crippen LogP) is 3.23. The summed E-state index contributed by atoms with van der Waals surface area (Å²) in [5.41, 5.74) is 1.92. The third kappa shape index (κ3) is 4.18. The number of nitrogens with zero attached hydrogens (tertiary/aromatic N) is 1. The van der Waals surface area contributed by atoms with Gasteiger partial charge in [0.15, 0.2) is 0 Å². The Hall–Kier alpha value is -2.18. The average molecular weight is 329 g/mol. The molecule has 1 aromatic carbocycles. The van der Waals surface area contributed by atoms with Gasteiger partial charge in [0.1, 0.15) is 0 Å². The van der Waals surface area contributed by atoms with E-state index in [1.165, 1.54) is 5.56 Å². The number of anilines is 1. The zero-order valence-electron chi connectivity index (χ0n) is 12.7. The van der Waals surface area contributed by atoms with Gasteiger partial charge in [0, 0.05) is 11.7 Å². The van der Waals surface area contributed by atoms with Crippen LogP contribution in [0.1, 0.15) is 24.4 Å². The minimum absolute atomic E-state index is 0.239. The Morgan fingerprint density at radius 2 is 2.04 bits per heavy atom. The minimum atomic E-state index is -0.493. The molecule has 0 saturated carbocycles. The highest BCUT2D eigenvalue weighted by Crippen LogP contribution is 2.32. The summed E-state index contributed by atoms with van der Waals surface area (Å²) < 4.78 is 0. The molecule has 1 fully saturated rings. The highest BCUT2D eigenvalue weighted by molar-refractivity contribution is 7.07. The zero-order chi connectivity index (χ0) is 16.1. The number of carbonyl (C=O) groups is 2. The third-order valence-electron chi connectivity index (χ3n) is 3.92. The topological polar surface area (TPSA) is 61.4 Å². The number of nitrogens with one attached hydrogen (secondary N) is 2. The molecule has 0 spiro atoms. The number of carbonyl (C=O) groups excluding carboxylic acids is 2. The number of para-hydroxylation sites is 1. The molecule has 1 aliphatic heterocycles. The molecular weight excluding hydrogens is 310 g/mol. The molecule has 1 atom stereocenters. The van der Waals surface area contributed by atoms with Crippen LogP contribution >= 0.6 is 11.3 Å². The second-order valence-corrected chi connectivity index (χ2v) is 6.33. The highest BCUT2D eigenvalue weighted by Gasteiger charge is 2.28. The van der Waals surface area contributed by atoms with Gasteiger partial charge in [0.25, 0.3) is 0 Å². The summed E-state index contributed by atoms with van der Waals surface area (Å²) in [6.45, 7) is 1.12. The van der Waals surface area contributed by atoms with E-state index < -0.39 is 6.03 Å². The van der Waals surface area contributed by atoms with Crippen LogP contribution < -0.4 is 10.6 Å². The largest absolute Gasteiger partial charge is 0.325 e. The molecule has 1 aliphatic rings. The van der Waals surface area contributed by atoms with Gasteiger partial charge in [-0.2, -0.15) is 11.3 Å². The number of imide groups is 1. The van der Waals surface area contributed by atoms with Crippen molar-refractivity contribution in [2.24, 2.45) is 0 Å². The van der Waals surface area contributed by atoms with E-state index in [0.717, 1.165) is 19.4 Å². The van der Waals surface area contributed by atoms with Gasteiger partial charge in [-0.05, 0) is 53.9 Å². The number of likely N-dealkylation sites (tertiary alicyclic amines) is 1. The Morgan fingerprint density at radius 1 is 1.22 bits per heavy atom. The summed E-state index contributed by atoms with van der Waals surface area (Å²) in [5, 5.41) is 9.22. The van der Waals surface area contributed by atoms with Crippen LogP contribution in [0.5, 0.6) is 0 Å². The van der Waals surface area contributed by atoms with E-state index >= 15 is 0 Å². The molecule has 0 aliphatic carbocycles. The number of benzene rings is 1. The lowest BCUT2D eigenvalue weighted by atomic mass is 10.1. The van der Waals surface area contributed by atoms with Crippen LogP contribution in [0.2, 0.25) is 0 Å². The minimum Gasteiger partial charge on any atom is -0.308 e. The van der Waals surface area contributed by atoms with E-state index in [1.807, 2.05) is 18.2 Å². The van der Waals surface area contributed by atoms with Gasteiger partial charge in [0.2, 0.25) is 5.91 Å². The highest BCUT2D eigenvalue weighted by atomic mass is 32.1. The second-order valence-electron chi connectivity index (χ2n) is 5.55. The van der Waals surface area contributed by atoms with Crippen molar-refractivity contribution in [3.8, 4) is 0 Å². The molecule has 2 heterocycles. The van der Waals surface area contributed by atoms with Gasteiger partial charge < -0.3 is 5.32 Å². The molecule has 120 valence electrons. The monoisotopic (exact) mass is 329 g/mol. The van der Waals surface area contributed by atoms with Gasteiger partial charge in [-0.1, -0.05) is 18.2 Å². The first kappa shape index (κ1) is 15.7. The number of rotatable bonds is 4. The predicted molar refractivity (Wildman–Crippen MR) is 91.5 cm³/mol. The molecular formula is C17H19N3O2S. The zero-order valence-corrected chi connectivity index (χ0v) is 13.5. The van der Waals surface area contributed by atoms with E-state index in [1.54, 1.807) is 23.5 Å². The molecule has 0 bridgehead atoms. The molecule has 3 amide bonds. The fraction of sp³-hybridized carbons (Fsp3) is 0.294. The van der Waals surface area contributed by atoms with E-state index in [0.29, 0.717) is 5.69 Å². The molecule has 0 unspecified atom stereocenters. The summed E-state index contributed by atoms with van der Waals surface area (Å²) in [6.07, 6.45) is 2.13. The number of hydrogen-bond donors (Lipinski definition) is 2. The molecule has 0 radical (unpaired) electrons. The van der Waals surface area contributed by atoms with Crippen LogP contribution in [0, 0.1) is 0 Å². The average Bonchev–Trinajstić information content (AvgIpc) is 3.18. The Bertz CT molecular complexity index is 658. The molecule has 6 heteroatoms. The molecule has 23 heavy (non-hydrogen) atoms. The fourth-order valence-corrected chi connectivity index (χ4v) is 3.60. The van der Waals surface area contributed by atoms with Crippen LogP contribution in [-0.2, 0) is 4.79 Å². The van der Waals surface area contributed by atoms with Crippen molar-refractivity contribution in [3.05, 3.63) is 52.7 Å². The first-order chi connectivity index (χ1) is 11.2. The molecule has 2 N–H and O–H groups in total. The molecule has 5 nitrogen and oxygen atoms in total. The first-order valence-electron chi connectivity index (χ1n) is 7.64. The summed E-state index contributed by atoms with van der Waals surface area (Å²) in [7, 11) is 0. The molecule has 3 rings (SSSR count). The van der Waals surface area contributed by atoms with Crippen molar-refractivity contribution in [2.45, 2.75) is 18.9 Å². The Kier molecular flexibility index (Phi) is 5.05. The normalized spacial score (nSPS) is 17.8. The standard InChI is InChI=1S/C17H19N3O2S/c21-16(19-17(22)18-14-5-2-1-3-6-14)11-20-9-4-7-15(20)13-8-10-23-12-13/h1-3,5-6,8,10,12,15H,4,7,9,11H2,(H2,18,19,21,22)/t15-/m1/s1. The lowest BCUT2D eigenvalue weighted by Crippen LogP contribution is -2.41. The van der Waals surface area contributed by atoms with Gasteiger partial charge in [0.05, 0.1) is 6.54 Å². The first-order valence-corrected chi connectivity index (χ1v) is 8.58. The van der Waals surface area contributed by atoms with Crippen molar-refractivity contribution in [3.63, 3.8) is 0 Å². The maximum atomic E-state index is 12.1. The van der Waals surface area contributed by atoms with Crippen molar-refractivity contribution in [1.82, 2.24) is 10.2 Å². The number of urea groups is 1. The van der Waals surface area contributed by atoms with Gasteiger partial charge in [-0.15, -0.1) is 0 Å². The van der Waals surface area contributed by atoms with Gasteiger partial charge in [-0.3, -0.25) is 15.0 Å². The van der Waals surface area contributed by atoms with Crippen LogP contribution in [-0.4, -0.2) is 29.9 Å². The lowest BCUT2D eigenvalue weighted by Gasteiger charge is -2.23. The maximum absolute atomic E-state index is 12.1. The number of hydrogen-bond acceptors (Lipinski definition) is 4. The Labute approximate surface area is 139 Å². The quantitative estimate of drug-likeness (QED) is 0.905. The smallest absolute Gasteiger partial charge is 0.308 e. The van der Waals surface area contributed by atoms with E-state index in [9.17, 15) is 9.59 Å². The van der Waals surface area contributed by atoms with Crippen LogP contribution in [0.15, 0.2) is 47.2 Å². The number of thiophene rings is 1. The lowest BCUT2D eigenvalue weighted by molar-refractivity contribution is -0.121. The van der Waals surface area contributed by atoms with Crippen LogP contribution in [0.4, 0.5) is 10.5 Å². The van der Waals surface area contributed by atoms with E-state index in [-0.39, 0.29) is 18.5 Å². The molecule has 1 saturated heterocycles. The van der Waals surface area contributed by atoms with E-state index in [2.05, 4.69) is 32.4 Å². The van der Waals surface area contributed by atoms with Crippen molar-refractivity contribution < 1.29 is 9.59 Å². The fourth-order valence-electron chi connectivity index (χ4n) is 2.89. The van der Waals surface area contributed by atoms with Crippen molar-refractivity contribution in [1.29, 1.82) is 0 Å². The van der Waals surface area contributed by atoms with Gasteiger partial charge in [-0.25, -0.2) is 4.79 Å². The summed E-state index contributed by atoms with van der Waals surface area (Å²) in [5.74, 6) is -0.277. The third-order valence-corrected chi connectivity index (χ3v) is 4.62.